The van der Waals surface area contributed by atoms with Gasteiger partial charge < -0.3 is 4.57 Å². The van der Waals surface area contributed by atoms with E-state index in [1.54, 1.807) is 0 Å². The van der Waals surface area contributed by atoms with E-state index in [1.807, 2.05) is 6.66 Å². The molecule has 2 heteroatoms. The lowest BCUT2D eigenvalue weighted by atomic mass is 10.1. The molecule has 0 radical (unpaired) electrons. The summed E-state index contributed by atoms with van der Waals surface area (Å²) in [5.74, 6) is 0. The van der Waals surface area contributed by atoms with Gasteiger partial charge in [0.1, 0.15) is 0 Å². The molecule has 1 nitrogen and oxygen atoms in total. The van der Waals surface area contributed by atoms with Crippen molar-refractivity contribution < 1.29 is 4.57 Å². The van der Waals surface area contributed by atoms with Crippen LogP contribution in [0.3, 0.4) is 0 Å². The van der Waals surface area contributed by atoms with Gasteiger partial charge in [-0.25, -0.2) is 0 Å². The summed E-state index contributed by atoms with van der Waals surface area (Å²) in [6.07, 6.45) is 11.7. The van der Waals surface area contributed by atoms with E-state index in [0.29, 0.717) is 0 Å². The van der Waals surface area contributed by atoms with Crippen LogP contribution in [0.15, 0.2) is 0 Å². The molecule has 0 bridgehead atoms. The third kappa shape index (κ3) is 12.2. The molecule has 0 aliphatic carbocycles. The highest BCUT2D eigenvalue weighted by Gasteiger charge is 1.93. The summed E-state index contributed by atoms with van der Waals surface area (Å²) in [5.41, 5.74) is 0. The van der Waals surface area contributed by atoms with Crippen LogP contribution in [0.5, 0.6) is 0 Å². The summed E-state index contributed by atoms with van der Waals surface area (Å²) in [6.45, 7) is 4.12. The Morgan fingerprint density at radius 1 is 0.846 bits per heavy atom. The van der Waals surface area contributed by atoms with Gasteiger partial charge in [-0.1, -0.05) is 51.9 Å². The molecular weight excluding hydrogens is 179 g/mol. The zero-order valence-corrected chi connectivity index (χ0v) is 10.3. The molecule has 0 aliphatic rings. The highest BCUT2D eigenvalue weighted by molar-refractivity contribution is 7.43. The molecule has 0 aromatic rings. The quantitative estimate of drug-likeness (QED) is 0.404. The predicted molar refractivity (Wildman–Crippen MR) is 62.4 cm³/mol. The van der Waals surface area contributed by atoms with E-state index in [2.05, 4.69) is 6.92 Å². The molecule has 0 heterocycles. The van der Waals surface area contributed by atoms with Crippen molar-refractivity contribution in [2.75, 3.05) is 12.8 Å². The fraction of sp³-hybridized carbons (Fsp3) is 1.00. The summed E-state index contributed by atoms with van der Waals surface area (Å²) < 4.78 is 10.8. The van der Waals surface area contributed by atoms with Gasteiger partial charge in [-0.15, -0.1) is 0 Å². The van der Waals surface area contributed by atoms with E-state index in [9.17, 15) is 4.57 Å². The smallest absolute Gasteiger partial charge is 0.0732 e. The fourth-order valence-corrected chi connectivity index (χ4v) is 2.26. The van der Waals surface area contributed by atoms with Crippen molar-refractivity contribution in [1.29, 1.82) is 0 Å². The molecule has 0 N–H and O–H groups in total. The van der Waals surface area contributed by atoms with Gasteiger partial charge in [-0.2, -0.15) is 0 Å². The van der Waals surface area contributed by atoms with Crippen molar-refractivity contribution in [1.82, 2.24) is 0 Å². The van der Waals surface area contributed by atoms with E-state index >= 15 is 0 Å². The molecule has 0 rings (SSSR count). The van der Waals surface area contributed by atoms with Crippen LogP contribution in [0, 0.1) is 0 Å². The van der Waals surface area contributed by atoms with Crippen molar-refractivity contribution in [2.45, 2.75) is 58.3 Å². The molecule has 0 fully saturated rings. The standard InChI is InChI=1S/C11H25OP/c1-3-4-5-6-7-8-9-10-11-13(2)12/h13H,3-11H2,1-2H3. The number of hydrogen-bond donors (Lipinski definition) is 0. The van der Waals surface area contributed by atoms with Crippen LogP contribution in [-0.4, -0.2) is 12.8 Å². The van der Waals surface area contributed by atoms with Crippen LogP contribution in [0.25, 0.3) is 0 Å². The topological polar surface area (TPSA) is 17.1 Å². The van der Waals surface area contributed by atoms with E-state index in [0.717, 1.165) is 6.16 Å². The van der Waals surface area contributed by atoms with Gasteiger partial charge in [0.25, 0.3) is 0 Å². The minimum absolute atomic E-state index is 0.972. The van der Waals surface area contributed by atoms with Gasteiger partial charge in [0.15, 0.2) is 0 Å². The Bertz CT molecular complexity index is 123. The Balaban J connectivity index is 2.87. The Hall–Kier alpha value is 0.230. The van der Waals surface area contributed by atoms with Gasteiger partial charge in [0.05, 0.1) is 7.80 Å². The van der Waals surface area contributed by atoms with Crippen molar-refractivity contribution in [3.05, 3.63) is 0 Å². The minimum atomic E-state index is -1.19. The molecular formula is C11H25OP. The van der Waals surface area contributed by atoms with Crippen molar-refractivity contribution >= 4 is 7.80 Å². The van der Waals surface area contributed by atoms with Crippen LogP contribution < -0.4 is 0 Å². The first-order chi connectivity index (χ1) is 6.27. The first-order valence-corrected chi connectivity index (χ1v) is 7.88. The van der Waals surface area contributed by atoms with Gasteiger partial charge in [-0.3, -0.25) is 0 Å². The second-order valence-corrected chi connectivity index (χ2v) is 5.83. The van der Waals surface area contributed by atoms with Crippen molar-refractivity contribution in [2.24, 2.45) is 0 Å². The highest BCUT2D eigenvalue weighted by Crippen LogP contribution is 2.17. The lowest BCUT2D eigenvalue weighted by molar-refractivity contribution is 0.575. The summed E-state index contributed by atoms with van der Waals surface area (Å²) >= 11 is 0. The maximum atomic E-state index is 10.8. The van der Waals surface area contributed by atoms with Gasteiger partial charge in [-0.05, 0) is 19.2 Å². The van der Waals surface area contributed by atoms with Crippen LogP contribution >= 0.6 is 7.80 Å². The first-order valence-electron chi connectivity index (χ1n) is 5.76. The van der Waals surface area contributed by atoms with Gasteiger partial charge >= 0.3 is 0 Å². The minimum Gasteiger partial charge on any atom is -0.327 e. The number of hydrogen-bond acceptors (Lipinski definition) is 1. The largest absolute Gasteiger partial charge is 0.327 e. The molecule has 80 valence electrons. The molecule has 0 aliphatic heterocycles. The van der Waals surface area contributed by atoms with Crippen LogP contribution in [-0.2, 0) is 4.57 Å². The first kappa shape index (κ1) is 13.2. The van der Waals surface area contributed by atoms with Crippen LogP contribution in [0.2, 0.25) is 0 Å². The second-order valence-electron chi connectivity index (χ2n) is 3.93. The normalized spacial score (nSPS) is 13.1. The average molecular weight is 204 g/mol. The summed E-state index contributed by atoms with van der Waals surface area (Å²) in [5, 5.41) is 0. The third-order valence-corrected chi connectivity index (χ3v) is 3.44. The molecule has 13 heavy (non-hydrogen) atoms. The van der Waals surface area contributed by atoms with Crippen molar-refractivity contribution in [3.63, 3.8) is 0 Å². The zero-order valence-electron chi connectivity index (χ0n) is 9.27. The van der Waals surface area contributed by atoms with E-state index in [1.165, 1.54) is 51.4 Å². The van der Waals surface area contributed by atoms with Crippen LogP contribution in [0.4, 0.5) is 0 Å². The van der Waals surface area contributed by atoms with Crippen LogP contribution in [0.1, 0.15) is 58.3 Å². The van der Waals surface area contributed by atoms with E-state index < -0.39 is 7.80 Å². The summed E-state index contributed by atoms with van der Waals surface area (Å²) in [7, 11) is -1.19. The molecule has 0 amide bonds. The zero-order chi connectivity index (χ0) is 9.94. The lowest BCUT2D eigenvalue weighted by Gasteiger charge is -2.00. The van der Waals surface area contributed by atoms with Crippen molar-refractivity contribution in [3.8, 4) is 0 Å². The molecule has 0 aromatic heterocycles. The van der Waals surface area contributed by atoms with E-state index in [4.69, 9.17) is 0 Å². The Kier molecular flexibility index (Phi) is 10.5. The SMILES string of the molecule is CCCCCCCCCC[PH](C)=O. The molecule has 0 saturated carbocycles. The maximum Gasteiger partial charge on any atom is 0.0732 e. The number of rotatable bonds is 9. The maximum absolute atomic E-state index is 10.8. The van der Waals surface area contributed by atoms with E-state index in [-0.39, 0.29) is 0 Å². The molecule has 0 aromatic carbocycles. The summed E-state index contributed by atoms with van der Waals surface area (Å²) in [4.78, 5) is 0. The third-order valence-electron chi connectivity index (χ3n) is 2.38. The highest BCUT2D eigenvalue weighted by atomic mass is 31.1. The Morgan fingerprint density at radius 3 is 1.77 bits per heavy atom. The Morgan fingerprint density at radius 2 is 1.31 bits per heavy atom. The predicted octanol–water partition coefficient (Wildman–Crippen LogP) is 4.32. The van der Waals surface area contributed by atoms with Gasteiger partial charge in [0, 0.05) is 0 Å². The monoisotopic (exact) mass is 204 g/mol. The second kappa shape index (κ2) is 10.3. The number of unbranched alkanes of at least 4 members (excludes halogenated alkanes) is 7. The average Bonchev–Trinajstić information content (AvgIpc) is 2.09. The molecule has 0 saturated heterocycles. The van der Waals surface area contributed by atoms with Gasteiger partial charge in [0.2, 0.25) is 0 Å². The fourth-order valence-electron chi connectivity index (χ4n) is 1.51. The summed E-state index contributed by atoms with van der Waals surface area (Å²) in [6, 6.07) is 0. The molecule has 0 spiro atoms. The lowest BCUT2D eigenvalue weighted by Crippen LogP contribution is -1.82. The molecule has 1 unspecified atom stereocenters. The molecule has 1 atom stereocenters. The Labute approximate surface area is 84.1 Å².